The molecule has 0 heterocycles. The molecular weight excluding hydrogens is 262 g/mol. The van der Waals surface area contributed by atoms with Crippen molar-refractivity contribution in [2.24, 2.45) is 17.6 Å². The highest BCUT2D eigenvalue weighted by Gasteiger charge is 2.22. The number of hydrogen-bond acceptors (Lipinski definition) is 5. The first-order valence-electron chi connectivity index (χ1n) is 6.24. The summed E-state index contributed by atoms with van der Waals surface area (Å²) >= 11 is 0. The summed E-state index contributed by atoms with van der Waals surface area (Å²) in [4.78, 5) is 22.4. The fourth-order valence-electron chi connectivity index (χ4n) is 1.81. The van der Waals surface area contributed by atoms with Crippen LogP contribution >= 0.6 is 0 Å². The molecule has 7 nitrogen and oxygen atoms in total. The van der Waals surface area contributed by atoms with Crippen LogP contribution in [0.1, 0.15) is 13.8 Å². The summed E-state index contributed by atoms with van der Waals surface area (Å²) in [6, 6.07) is 4.03. The van der Waals surface area contributed by atoms with Crippen molar-refractivity contribution in [3.63, 3.8) is 0 Å². The molecular formula is C13H19N3O4. The molecule has 1 amide bonds. The largest absolute Gasteiger partial charge is 0.495 e. The van der Waals surface area contributed by atoms with E-state index in [-0.39, 0.29) is 35.7 Å². The van der Waals surface area contributed by atoms with Crippen molar-refractivity contribution in [1.82, 2.24) is 0 Å². The Morgan fingerprint density at radius 3 is 2.60 bits per heavy atom. The molecule has 1 aromatic rings. The summed E-state index contributed by atoms with van der Waals surface area (Å²) < 4.78 is 5.09. The molecule has 0 spiro atoms. The quantitative estimate of drug-likeness (QED) is 0.610. The molecule has 0 aliphatic heterocycles. The van der Waals surface area contributed by atoms with Gasteiger partial charge in [-0.15, -0.1) is 0 Å². The van der Waals surface area contributed by atoms with E-state index in [9.17, 15) is 14.9 Å². The molecule has 0 aromatic heterocycles. The lowest BCUT2D eigenvalue weighted by molar-refractivity contribution is -0.384. The SMILES string of the molecule is COc1ccc([N+](=O)[O-])cc1NC(=O)C(CN)C(C)C. The minimum absolute atomic E-state index is 0.0738. The zero-order valence-corrected chi connectivity index (χ0v) is 11.8. The average Bonchev–Trinajstić information content (AvgIpc) is 2.38. The van der Waals surface area contributed by atoms with E-state index in [1.165, 1.54) is 25.3 Å². The Labute approximate surface area is 117 Å². The van der Waals surface area contributed by atoms with Gasteiger partial charge in [-0.1, -0.05) is 13.8 Å². The fraction of sp³-hybridized carbons (Fsp3) is 0.462. The smallest absolute Gasteiger partial charge is 0.271 e. The second kappa shape index (κ2) is 6.85. The van der Waals surface area contributed by atoms with Gasteiger partial charge in [0.15, 0.2) is 0 Å². The van der Waals surface area contributed by atoms with E-state index in [1.54, 1.807) is 0 Å². The number of carbonyl (C=O) groups is 1. The van der Waals surface area contributed by atoms with E-state index in [0.717, 1.165) is 0 Å². The predicted molar refractivity (Wildman–Crippen MR) is 75.7 cm³/mol. The second-order valence-electron chi connectivity index (χ2n) is 4.72. The van der Waals surface area contributed by atoms with Gasteiger partial charge in [-0.05, 0) is 12.0 Å². The summed E-state index contributed by atoms with van der Waals surface area (Å²) in [6.07, 6.45) is 0. The molecule has 1 atom stereocenters. The number of methoxy groups -OCH3 is 1. The van der Waals surface area contributed by atoms with Gasteiger partial charge in [-0.25, -0.2) is 0 Å². The average molecular weight is 281 g/mol. The molecule has 0 radical (unpaired) electrons. The number of nitrogens with zero attached hydrogens (tertiary/aromatic N) is 1. The monoisotopic (exact) mass is 281 g/mol. The van der Waals surface area contributed by atoms with Gasteiger partial charge in [0.25, 0.3) is 5.69 Å². The highest BCUT2D eigenvalue weighted by molar-refractivity contribution is 5.94. The van der Waals surface area contributed by atoms with Crippen LogP contribution in [0, 0.1) is 22.0 Å². The van der Waals surface area contributed by atoms with Crippen LogP contribution in [-0.2, 0) is 4.79 Å². The lowest BCUT2D eigenvalue weighted by atomic mass is 9.95. The normalized spacial score (nSPS) is 12.1. The van der Waals surface area contributed by atoms with E-state index in [0.29, 0.717) is 5.75 Å². The zero-order chi connectivity index (χ0) is 15.3. The first-order valence-corrected chi connectivity index (χ1v) is 6.24. The number of ether oxygens (including phenoxy) is 1. The van der Waals surface area contributed by atoms with Crippen LogP contribution in [0.4, 0.5) is 11.4 Å². The lowest BCUT2D eigenvalue weighted by Crippen LogP contribution is -2.33. The predicted octanol–water partition coefficient (Wildman–Crippen LogP) is 1.77. The Kier molecular flexibility index (Phi) is 5.45. The number of nitro groups is 1. The third-order valence-electron chi connectivity index (χ3n) is 3.05. The Bertz CT molecular complexity index is 502. The van der Waals surface area contributed by atoms with Crippen LogP contribution in [0.15, 0.2) is 18.2 Å². The fourth-order valence-corrected chi connectivity index (χ4v) is 1.81. The van der Waals surface area contributed by atoms with Crippen molar-refractivity contribution in [2.75, 3.05) is 19.0 Å². The van der Waals surface area contributed by atoms with Gasteiger partial charge in [-0.3, -0.25) is 14.9 Å². The molecule has 0 bridgehead atoms. The van der Waals surface area contributed by atoms with E-state index < -0.39 is 4.92 Å². The number of nitrogens with two attached hydrogens (primary N) is 1. The van der Waals surface area contributed by atoms with Crippen LogP contribution in [0.3, 0.4) is 0 Å². The maximum Gasteiger partial charge on any atom is 0.271 e. The van der Waals surface area contributed by atoms with E-state index >= 15 is 0 Å². The first-order chi connectivity index (χ1) is 9.40. The van der Waals surface area contributed by atoms with Crippen LogP contribution in [0.2, 0.25) is 0 Å². The van der Waals surface area contributed by atoms with Crippen molar-refractivity contribution in [2.45, 2.75) is 13.8 Å². The Morgan fingerprint density at radius 2 is 2.15 bits per heavy atom. The number of hydrogen-bond donors (Lipinski definition) is 2. The molecule has 3 N–H and O–H groups in total. The Balaban J connectivity index is 3.03. The summed E-state index contributed by atoms with van der Waals surface area (Å²) in [5, 5.41) is 13.4. The molecule has 1 aromatic carbocycles. The van der Waals surface area contributed by atoms with Gasteiger partial charge >= 0.3 is 0 Å². The van der Waals surface area contributed by atoms with Crippen molar-refractivity contribution < 1.29 is 14.5 Å². The maximum absolute atomic E-state index is 12.1. The number of rotatable bonds is 6. The lowest BCUT2D eigenvalue weighted by Gasteiger charge is -2.19. The molecule has 20 heavy (non-hydrogen) atoms. The summed E-state index contributed by atoms with van der Waals surface area (Å²) in [5.74, 6) is -0.201. The number of nitro benzene ring substituents is 1. The van der Waals surface area contributed by atoms with Crippen LogP contribution in [-0.4, -0.2) is 24.5 Å². The molecule has 1 unspecified atom stereocenters. The molecule has 0 saturated carbocycles. The Hall–Kier alpha value is -2.15. The number of nitrogens with one attached hydrogen (secondary N) is 1. The number of non-ortho nitro benzene ring substituents is 1. The summed E-state index contributed by atoms with van der Waals surface area (Å²) in [5.41, 5.74) is 5.73. The van der Waals surface area contributed by atoms with Gasteiger partial charge in [-0.2, -0.15) is 0 Å². The molecule has 0 saturated heterocycles. The van der Waals surface area contributed by atoms with Gasteiger partial charge in [0.05, 0.1) is 23.6 Å². The third-order valence-corrected chi connectivity index (χ3v) is 3.05. The number of anilines is 1. The second-order valence-corrected chi connectivity index (χ2v) is 4.72. The molecule has 110 valence electrons. The summed E-state index contributed by atoms with van der Waals surface area (Å²) in [7, 11) is 1.43. The first kappa shape index (κ1) is 15.9. The molecule has 7 heteroatoms. The van der Waals surface area contributed by atoms with Gasteiger partial charge < -0.3 is 15.8 Å². The standard InChI is InChI=1S/C13H19N3O4/c1-8(2)10(7-14)13(17)15-11-6-9(16(18)19)4-5-12(11)20-3/h4-6,8,10H,7,14H2,1-3H3,(H,15,17). The molecule has 0 aliphatic carbocycles. The highest BCUT2D eigenvalue weighted by Crippen LogP contribution is 2.29. The molecule has 1 rings (SSSR count). The van der Waals surface area contributed by atoms with E-state index in [4.69, 9.17) is 10.5 Å². The highest BCUT2D eigenvalue weighted by atomic mass is 16.6. The summed E-state index contributed by atoms with van der Waals surface area (Å²) in [6.45, 7) is 3.99. The van der Waals surface area contributed by atoms with E-state index in [2.05, 4.69) is 5.32 Å². The topological polar surface area (TPSA) is 107 Å². The third kappa shape index (κ3) is 3.67. The van der Waals surface area contributed by atoms with Gasteiger partial charge in [0.1, 0.15) is 5.75 Å². The number of benzene rings is 1. The minimum Gasteiger partial charge on any atom is -0.495 e. The van der Waals surface area contributed by atoms with Crippen molar-refractivity contribution >= 4 is 17.3 Å². The van der Waals surface area contributed by atoms with E-state index in [1.807, 2.05) is 13.8 Å². The number of carbonyl (C=O) groups excluding carboxylic acids is 1. The van der Waals surface area contributed by atoms with Crippen LogP contribution in [0.5, 0.6) is 5.75 Å². The number of amides is 1. The van der Waals surface area contributed by atoms with Crippen molar-refractivity contribution in [3.8, 4) is 5.75 Å². The van der Waals surface area contributed by atoms with Crippen molar-refractivity contribution in [3.05, 3.63) is 28.3 Å². The Morgan fingerprint density at radius 1 is 1.50 bits per heavy atom. The van der Waals surface area contributed by atoms with Gasteiger partial charge in [0.2, 0.25) is 5.91 Å². The zero-order valence-electron chi connectivity index (χ0n) is 11.8. The van der Waals surface area contributed by atoms with Crippen LogP contribution in [0.25, 0.3) is 0 Å². The minimum atomic E-state index is -0.530. The van der Waals surface area contributed by atoms with Crippen molar-refractivity contribution in [1.29, 1.82) is 0 Å². The maximum atomic E-state index is 12.1. The molecule has 0 fully saturated rings. The van der Waals surface area contributed by atoms with Crippen LogP contribution < -0.4 is 15.8 Å². The molecule has 0 aliphatic rings. The van der Waals surface area contributed by atoms with Gasteiger partial charge in [0, 0.05) is 18.7 Å².